The van der Waals surface area contributed by atoms with Crippen molar-refractivity contribution < 1.29 is 25.8 Å². The van der Waals surface area contributed by atoms with E-state index >= 15 is 0 Å². The summed E-state index contributed by atoms with van der Waals surface area (Å²) in [7, 11) is 0. The molecule has 0 bridgehead atoms. The Morgan fingerprint density at radius 3 is 1.63 bits per heavy atom. The van der Waals surface area contributed by atoms with Gasteiger partial charge in [-0.25, -0.2) is 0 Å². The zero-order valence-electron chi connectivity index (χ0n) is 28.9. The molecule has 5 aromatic heterocycles. The minimum Gasteiger partial charge on any atom is -0.497 e. The van der Waals surface area contributed by atoms with Crippen molar-refractivity contribution in [2.45, 2.75) is 27.7 Å². The van der Waals surface area contributed by atoms with E-state index in [1.54, 1.807) is 6.20 Å². The molecule has 252 valence electrons. The molecule has 6 nitrogen and oxygen atoms in total. The van der Waals surface area contributed by atoms with Gasteiger partial charge >= 0.3 is 21.1 Å². The van der Waals surface area contributed by atoms with Crippen molar-refractivity contribution in [3.05, 3.63) is 150 Å². The van der Waals surface area contributed by atoms with Crippen molar-refractivity contribution in [2.24, 2.45) is 0 Å². The summed E-state index contributed by atoms with van der Waals surface area (Å²) in [6.07, 6.45) is 11.3. The number of pyridine rings is 3. The molecule has 0 N–H and O–H groups in total. The molecule has 10 rings (SSSR count). The summed E-state index contributed by atoms with van der Waals surface area (Å²) >= 11 is 0. The number of hydrogen-bond acceptors (Lipinski definition) is 4. The van der Waals surface area contributed by atoms with Crippen LogP contribution < -0.4 is 4.74 Å². The van der Waals surface area contributed by atoms with E-state index < -0.39 is 0 Å². The Hall–Kier alpha value is -5.84. The van der Waals surface area contributed by atoms with E-state index in [0.717, 1.165) is 54.6 Å². The van der Waals surface area contributed by atoms with Crippen LogP contribution in [-0.2, 0) is 21.1 Å². The third-order valence-electron chi connectivity index (χ3n) is 10.3. The topological polar surface area (TPSA) is 56.7 Å². The summed E-state index contributed by atoms with van der Waals surface area (Å²) in [5.74, 6) is 1.18. The number of aryl methyl sites for hydroxylation is 4. The quantitative estimate of drug-likeness (QED) is 0.131. The normalized spacial score (nSPS) is 11.7. The molecule has 0 aliphatic rings. The van der Waals surface area contributed by atoms with Crippen LogP contribution in [0.2, 0.25) is 0 Å². The first-order chi connectivity index (χ1) is 24.9. The zero-order valence-corrected chi connectivity index (χ0v) is 31.2. The molecule has 0 saturated heterocycles. The summed E-state index contributed by atoms with van der Waals surface area (Å²) in [4.78, 5) is 13.8. The predicted molar refractivity (Wildman–Crippen MR) is 206 cm³/mol. The summed E-state index contributed by atoms with van der Waals surface area (Å²) in [6.45, 7) is 8.82. The largest absolute Gasteiger partial charge is 2.00 e. The Kier molecular flexibility index (Phi) is 7.49. The van der Waals surface area contributed by atoms with Gasteiger partial charge in [0, 0.05) is 54.2 Å². The van der Waals surface area contributed by atoms with Gasteiger partial charge in [-0.1, -0.05) is 88.3 Å². The molecule has 0 amide bonds. The van der Waals surface area contributed by atoms with Crippen molar-refractivity contribution >= 4 is 54.6 Å². The van der Waals surface area contributed by atoms with E-state index in [4.69, 9.17) is 9.72 Å². The molecule has 5 aromatic carbocycles. The second-order valence-corrected chi connectivity index (χ2v) is 13.4. The number of benzene rings is 5. The minimum atomic E-state index is 0. The van der Waals surface area contributed by atoms with Crippen LogP contribution in [0.1, 0.15) is 22.3 Å². The molecule has 0 aliphatic heterocycles. The van der Waals surface area contributed by atoms with Crippen LogP contribution in [0, 0.1) is 39.8 Å². The van der Waals surface area contributed by atoms with Crippen molar-refractivity contribution in [1.29, 1.82) is 0 Å². The molecular weight excluding hydrogens is 822 g/mol. The average molecular weight is 853 g/mol. The molecule has 5 heterocycles. The van der Waals surface area contributed by atoms with E-state index in [2.05, 4.69) is 115 Å². The summed E-state index contributed by atoms with van der Waals surface area (Å²) in [5, 5.41) is 6.11. The van der Waals surface area contributed by atoms with Gasteiger partial charge in [0.2, 0.25) is 0 Å². The molecule has 52 heavy (non-hydrogen) atoms. The maximum atomic E-state index is 6.50. The van der Waals surface area contributed by atoms with Gasteiger partial charge in [0.05, 0.1) is 16.8 Å². The van der Waals surface area contributed by atoms with Crippen molar-refractivity contribution in [1.82, 2.24) is 23.8 Å². The standard InChI is InChI=1S/C45H31N5O.Pt/c1-26-7-5-8-27(2)42(26)36-23-35-33-14-12-31(51-30-11-13-32-34-15-16-46-25-41(34)50-20-18-48-45(50)38(32)21-30)22-39(33)44-47-17-19-49(44)40(35)24-37(36)43-28(3)9-6-10-29(43)4;/h5-20,23-25H,1-4H3;/q-2;+2. The van der Waals surface area contributed by atoms with Gasteiger partial charge in [-0.2, -0.15) is 0 Å². The van der Waals surface area contributed by atoms with Gasteiger partial charge in [-0.15, -0.1) is 12.1 Å². The second-order valence-electron chi connectivity index (χ2n) is 13.4. The molecule has 0 fully saturated rings. The van der Waals surface area contributed by atoms with Crippen molar-refractivity contribution in [3.8, 4) is 33.8 Å². The zero-order chi connectivity index (χ0) is 34.4. The van der Waals surface area contributed by atoms with Crippen LogP contribution in [0.15, 0.2) is 116 Å². The number of nitrogens with zero attached hydrogens (tertiary/aromatic N) is 5. The molecule has 0 unspecified atom stereocenters. The fraction of sp³-hybridized carbons (Fsp3) is 0.0889. The maximum absolute atomic E-state index is 6.50. The molecular formula is C45H31N5OPt. The van der Waals surface area contributed by atoms with E-state index in [0.29, 0.717) is 11.5 Å². The average Bonchev–Trinajstić information content (AvgIpc) is 3.84. The number of ether oxygens (including phenoxy) is 1. The van der Waals surface area contributed by atoms with Crippen LogP contribution in [-0.4, -0.2) is 23.8 Å². The SMILES string of the molecule is Cc1cccc(C)c1-c1cc2c3ccc(Oc4[c-]c5c(cc4)c4ccncc4n4ccnc54)[c-]c3c3nccn3c2cc1-c1c(C)cccc1C.[Pt+2]. The van der Waals surface area contributed by atoms with E-state index in [1.165, 1.54) is 44.5 Å². The van der Waals surface area contributed by atoms with E-state index in [9.17, 15) is 0 Å². The first-order valence-corrected chi connectivity index (χ1v) is 17.1. The molecule has 0 saturated carbocycles. The Labute approximate surface area is 314 Å². The van der Waals surface area contributed by atoms with Crippen LogP contribution in [0.4, 0.5) is 0 Å². The first-order valence-electron chi connectivity index (χ1n) is 17.1. The molecule has 10 aromatic rings. The molecule has 0 atom stereocenters. The fourth-order valence-electron chi connectivity index (χ4n) is 8.06. The van der Waals surface area contributed by atoms with E-state index in [1.807, 2.05) is 53.6 Å². The second kappa shape index (κ2) is 12.1. The Balaban J connectivity index is 0.00000360. The Bertz CT molecular complexity index is 3030. The third-order valence-corrected chi connectivity index (χ3v) is 10.3. The third kappa shape index (κ3) is 4.78. The number of aromatic nitrogens is 5. The van der Waals surface area contributed by atoms with Crippen molar-refractivity contribution in [2.75, 3.05) is 0 Å². The minimum absolute atomic E-state index is 0. The van der Waals surface area contributed by atoms with Gasteiger partial charge < -0.3 is 13.5 Å². The number of imidazole rings is 2. The number of hydrogen-bond donors (Lipinski definition) is 0. The molecule has 0 spiro atoms. The maximum Gasteiger partial charge on any atom is 2.00 e. The van der Waals surface area contributed by atoms with Gasteiger partial charge in [-0.3, -0.25) is 15.0 Å². The van der Waals surface area contributed by atoms with Gasteiger partial charge in [-0.05, 0) is 95.1 Å². The number of rotatable bonds is 4. The molecule has 0 radical (unpaired) electrons. The first kappa shape index (κ1) is 32.1. The molecule has 0 aliphatic carbocycles. The summed E-state index contributed by atoms with van der Waals surface area (Å²) in [5.41, 5.74) is 13.7. The van der Waals surface area contributed by atoms with Gasteiger partial charge in [0.25, 0.3) is 0 Å². The van der Waals surface area contributed by atoms with Crippen LogP contribution in [0.3, 0.4) is 0 Å². The Morgan fingerprint density at radius 1 is 0.538 bits per heavy atom. The van der Waals surface area contributed by atoms with Crippen molar-refractivity contribution in [3.63, 3.8) is 0 Å². The van der Waals surface area contributed by atoms with E-state index in [-0.39, 0.29) is 21.1 Å². The Morgan fingerprint density at radius 2 is 1.06 bits per heavy atom. The monoisotopic (exact) mass is 852 g/mol. The van der Waals surface area contributed by atoms with Gasteiger partial charge in [0.1, 0.15) is 0 Å². The summed E-state index contributed by atoms with van der Waals surface area (Å²) in [6, 6.07) is 35.1. The summed E-state index contributed by atoms with van der Waals surface area (Å²) < 4.78 is 10.7. The van der Waals surface area contributed by atoms with Crippen LogP contribution in [0.25, 0.3) is 76.9 Å². The predicted octanol–water partition coefficient (Wildman–Crippen LogP) is 10.9. The van der Waals surface area contributed by atoms with Crippen LogP contribution >= 0.6 is 0 Å². The van der Waals surface area contributed by atoms with Gasteiger partial charge in [0.15, 0.2) is 0 Å². The smallest absolute Gasteiger partial charge is 0.497 e. The molecule has 7 heteroatoms. The van der Waals surface area contributed by atoms with Crippen LogP contribution in [0.5, 0.6) is 11.5 Å². The fourth-order valence-corrected chi connectivity index (χ4v) is 8.06. The number of fused-ring (bicyclic) bond motifs is 12.